The first kappa shape index (κ1) is 10.9. The van der Waals surface area contributed by atoms with Gasteiger partial charge < -0.3 is 10.0 Å². The van der Waals surface area contributed by atoms with E-state index >= 15 is 0 Å². The molecule has 0 aromatic rings. The first-order valence-corrected chi connectivity index (χ1v) is 3.38. The van der Waals surface area contributed by atoms with Gasteiger partial charge >= 0.3 is 7.12 Å². The Labute approximate surface area is 71.9 Å². The highest BCUT2D eigenvalue weighted by Crippen LogP contribution is 1.99. The minimum absolute atomic E-state index is 0.123. The molecule has 0 aliphatic carbocycles. The maximum atomic E-state index is 10.6. The summed E-state index contributed by atoms with van der Waals surface area (Å²) in [6, 6.07) is 0. The van der Waals surface area contributed by atoms with Crippen LogP contribution in [0.3, 0.4) is 0 Å². The van der Waals surface area contributed by atoms with Crippen molar-refractivity contribution in [2.24, 2.45) is 0 Å². The predicted octanol–water partition coefficient (Wildman–Crippen LogP) is 0.256. The Morgan fingerprint density at radius 3 is 2.17 bits per heavy atom. The molecule has 0 aromatic heterocycles. The fraction of sp³-hybridized carbons (Fsp3) is 0.125. The lowest BCUT2D eigenvalue weighted by atomic mass is 9.80. The minimum atomic E-state index is -1.58. The molecule has 12 heavy (non-hydrogen) atoms. The highest BCUT2D eigenvalue weighted by atomic mass is 16.4. The third-order valence-electron chi connectivity index (χ3n) is 1.28. The third-order valence-corrected chi connectivity index (χ3v) is 1.28. The van der Waals surface area contributed by atoms with E-state index in [1.165, 1.54) is 19.1 Å². The highest BCUT2D eigenvalue weighted by Gasteiger charge is 2.08. The van der Waals surface area contributed by atoms with Gasteiger partial charge in [-0.05, 0) is 12.4 Å². The van der Waals surface area contributed by atoms with Crippen molar-refractivity contribution in [2.75, 3.05) is 0 Å². The molecule has 0 spiro atoms. The van der Waals surface area contributed by atoms with Crippen molar-refractivity contribution in [1.29, 1.82) is 0 Å². The average molecular weight is 166 g/mol. The SMILES string of the molecule is C=C(/C=C\C(=C)C(C)=O)B(O)O. The molecule has 0 aliphatic rings. The fourth-order valence-electron chi connectivity index (χ4n) is 0.411. The number of hydrogen-bond donors (Lipinski definition) is 2. The smallest absolute Gasteiger partial charge is 0.423 e. The second-order valence-electron chi connectivity index (χ2n) is 2.36. The van der Waals surface area contributed by atoms with E-state index in [-0.39, 0.29) is 11.3 Å². The molecule has 0 radical (unpaired) electrons. The third kappa shape index (κ3) is 3.90. The van der Waals surface area contributed by atoms with E-state index in [1.54, 1.807) is 0 Å². The van der Waals surface area contributed by atoms with Crippen LogP contribution in [-0.4, -0.2) is 22.9 Å². The number of hydrogen-bond acceptors (Lipinski definition) is 3. The van der Waals surface area contributed by atoms with E-state index in [0.29, 0.717) is 5.57 Å². The zero-order chi connectivity index (χ0) is 9.72. The lowest BCUT2D eigenvalue weighted by molar-refractivity contribution is -0.113. The molecule has 3 nitrogen and oxygen atoms in total. The van der Waals surface area contributed by atoms with Crippen LogP contribution >= 0.6 is 0 Å². The van der Waals surface area contributed by atoms with Crippen molar-refractivity contribution < 1.29 is 14.8 Å². The van der Waals surface area contributed by atoms with Gasteiger partial charge in [0.2, 0.25) is 0 Å². The average Bonchev–Trinajstić information content (AvgIpc) is 1.98. The van der Waals surface area contributed by atoms with Gasteiger partial charge in [0.25, 0.3) is 0 Å². The van der Waals surface area contributed by atoms with Gasteiger partial charge in [-0.3, -0.25) is 4.79 Å². The number of ketones is 1. The normalized spacial score (nSPS) is 9.92. The summed E-state index contributed by atoms with van der Waals surface area (Å²) in [5.74, 6) is -0.161. The molecule has 0 aliphatic heterocycles. The zero-order valence-electron chi connectivity index (χ0n) is 6.95. The first-order valence-electron chi connectivity index (χ1n) is 3.38. The molecular weight excluding hydrogens is 155 g/mol. The summed E-state index contributed by atoms with van der Waals surface area (Å²) in [7, 11) is -1.58. The Hall–Kier alpha value is -1.13. The van der Waals surface area contributed by atoms with E-state index in [2.05, 4.69) is 13.2 Å². The van der Waals surface area contributed by atoms with Crippen molar-refractivity contribution in [2.45, 2.75) is 6.92 Å². The van der Waals surface area contributed by atoms with Crippen molar-refractivity contribution in [3.05, 3.63) is 36.4 Å². The molecule has 2 N–H and O–H groups in total. The number of rotatable bonds is 4. The molecule has 0 rings (SSSR count). The van der Waals surface area contributed by atoms with Crippen LogP contribution in [0.25, 0.3) is 0 Å². The van der Waals surface area contributed by atoms with Gasteiger partial charge in [-0.2, -0.15) is 0 Å². The summed E-state index contributed by atoms with van der Waals surface area (Å²) in [4.78, 5) is 10.6. The Balaban J connectivity index is 4.17. The lowest BCUT2D eigenvalue weighted by Crippen LogP contribution is -2.12. The standard InChI is InChI=1S/C8H11BO3/c1-6(8(3)10)4-5-7(2)9(11)12/h4-5,11-12H,1-2H2,3H3/b5-4-. The lowest BCUT2D eigenvalue weighted by Gasteiger charge is -1.95. The molecule has 0 bridgehead atoms. The molecule has 0 heterocycles. The molecule has 0 saturated carbocycles. The van der Waals surface area contributed by atoms with Crippen LogP contribution in [0.4, 0.5) is 0 Å². The number of carbonyl (C=O) groups excluding carboxylic acids is 1. The van der Waals surface area contributed by atoms with Gasteiger partial charge in [-0.15, -0.1) is 0 Å². The largest absolute Gasteiger partial charge is 0.487 e. The van der Waals surface area contributed by atoms with Crippen LogP contribution in [0.2, 0.25) is 0 Å². The van der Waals surface area contributed by atoms with Crippen LogP contribution in [-0.2, 0) is 4.79 Å². The number of Topliss-reactive ketones (excluding diaryl/α,β-unsaturated/α-hetero) is 1. The van der Waals surface area contributed by atoms with E-state index in [1.807, 2.05) is 0 Å². The van der Waals surface area contributed by atoms with Gasteiger partial charge in [0.15, 0.2) is 5.78 Å². The molecule has 0 amide bonds. The van der Waals surface area contributed by atoms with Crippen LogP contribution in [0.5, 0.6) is 0 Å². The number of carbonyl (C=O) groups is 1. The predicted molar refractivity (Wildman–Crippen MR) is 48.3 cm³/mol. The van der Waals surface area contributed by atoms with Crippen LogP contribution in [0.15, 0.2) is 36.4 Å². The zero-order valence-corrected chi connectivity index (χ0v) is 6.95. The van der Waals surface area contributed by atoms with Crippen LogP contribution < -0.4 is 0 Å². The van der Waals surface area contributed by atoms with Gasteiger partial charge in [-0.25, -0.2) is 0 Å². The fourth-order valence-corrected chi connectivity index (χ4v) is 0.411. The molecule has 0 saturated heterocycles. The van der Waals surface area contributed by atoms with E-state index in [0.717, 1.165) is 0 Å². The molecule has 0 fully saturated rings. The summed E-state index contributed by atoms with van der Waals surface area (Å²) >= 11 is 0. The van der Waals surface area contributed by atoms with E-state index in [4.69, 9.17) is 10.0 Å². The Morgan fingerprint density at radius 2 is 1.83 bits per heavy atom. The van der Waals surface area contributed by atoms with Crippen LogP contribution in [0, 0.1) is 0 Å². The Kier molecular flexibility index (Phi) is 4.25. The van der Waals surface area contributed by atoms with Gasteiger partial charge in [0.05, 0.1) is 0 Å². The highest BCUT2D eigenvalue weighted by molar-refractivity contribution is 6.51. The van der Waals surface area contributed by atoms with Crippen molar-refractivity contribution in [3.8, 4) is 0 Å². The van der Waals surface area contributed by atoms with Crippen molar-refractivity contribution in [3.63, 3.8) is 0 Å². The van der Waals surface area contributed by atoms with E-state index in [9.17, 15) is 4.79 Å². The molecule has 4 heteroatoms. The maximum Gasteiger partial charge on any atom is 0.487 e. The topological polar surface area (TPSA) is 57.5 Å². The monoisotopic (exact) mass is 166 g/mol. The molecular formula is C8H11BO3. The maximum absolute atomic E-state index is 10.6. The van der Waals surface area contributed by atoms with Crippen molar-refractivity contribution in [1.82, 2.24) is 0 Å². The van der Waals surface area contributed by atoms with Crippen LogP contribution in [0.1, 0.15) is 6.92 Å². The summed E-state index contributed by atoms with van der Waals surface area (Å²) < 4.78 is 0. The summed E-state index contributed by atoms with van der Waals surface area (Å²) in [5.41, 5.74) is 0.425. The second kappa shape index (κ2) is 4.69. The molecule has 0 unspecified atom stereocenters. The first-order chi connectivity index (χ1) is 5.45. The molecule has 64 valence electrons. The summed E-state index contributed by atoms with van der Waals surface area (Å²) in [5, 5.41) is 17.1. The number of allylic oxidation sites excluding steroid dienone is 4. The molecule has 0 atom stereocenters. The Bertz CT molecular complexity index is 241. The Morgan fingerprint density at radius 1 is 1.33 bits per heavy atom. The second-order valence-corrected chi connectivity index (χ2v) is 2.36. The summed E-state index contributed by atoms with van der Waals surface area (Å²) in [6.07, 6.45) is 2.73. The van der Waals surface area contributed by atoms with Gasteiger partial charge in [-0.1, -0.05) is 25.3 Å². The van der Waals surface area contributed by atoms with Gasteiger partial charge in [0, 0.05) is 5.57 Å². The minimum Gasteiger partial charge on any atom is -0.423 e. The quantitative estimate of drug-likeness (QED) is 0.357. The molecule has 0 aromatic carbocycles. The van der Waals surface area contributed by atoms with Gasteiger partial charge in [0.1, 0.15) is 0 Å². The van der Waals surface area contributed by atoms with E-state index < -0.39 is 7.12 Å². The summed E-state index contributed by atoms with van der Waals surface area (Å²) in [6.45, 7) is 8.17. The van der Waals surface area contributed by atoms with Crippen molar-refractivity contribution >= 4 is 12.9 Å².